The van der Waals surface area contributed by atoms with Crippen LogP contribution in [0.25, 0.3) is 0 Å². The molecule has 8 atom stereocenters. The third kappa shape index (κ3) is 3.02. The lowest BCUT2D eigenvalue weighted by Crippen LogP contribution is -2.69. The third-order valence-electron chi connectivity index (χ3n) is 9.48. The summed E-state index contributed by atoms with van der Waals surface area (Å²) in [7, 11) is 0. The fourth-order valence-electron chi connectivity index (χ4n) is 7.90. The number of Topliss-reactive ketones (excluding diaryl/α,β-unsaturated/α-hetero) is 1. The van der Waals surface area contributed by atoms with Crippen LogP contribution in [0.3, 0.4) is 0 Å². The molecule has 4 aliphatic carbocycles. The van der Waals surface area contributed by atoms with Crippen molar-refractivity contribution in [1.29, 1.82) is 0 Å². The van der Waals surface area contributed by atoms with Crippen LogP contribution in [0.5, 0.6) is 0 Å². The number of fused-ring (bicyclic) bond motifs is 5. The Balaban J connectivity index is 1.64. The second-order valence-electron chi connectivity index (χ2n) is 10.9. The average Bonchev–Trinajstić information content (AvgIpc) is 3.47. The minimum atomic E-state index is -1.62. The smallest absolute Gasteiger partial charge is 0.375 e. The summed E-state index contributed by atoms with van der Waals surface area (Å²) in [4.78, 5) is 37.7. The Labute approximate surface area is 217 Å². The molecule has 8 heteroatoms. The summed E-state index contributed by atoms with van der Waals surface area (Å²) in [6.07, 6.45) is 2.98. The van der Waals surface area contributed by atoms with Gasteiger partial charge in [-0.15, -0.1) is 23.2 Å². The van der Waals surface area contributed by atoms with E-state index in [9.17, 15) is 19.5 Å². The number of hydrogen-bond donors (Lipinski definition) is 1. The maximum absolute atomic E-state index is 13.6. The Bertz CT molecular complexity index is 1240. The molecule has 0 aromatic carbocycles. The van der Waals surface area contributed by atoms with Crippen LogP contribution in [0.2, 0.25) is 0 Å². The van der Waals surface area contributed by atoms with Gasteiger partial charge in [0.1, 0.15) is 0 Å². The SMILES string of the molecule is [3H]C1=C([3H])[C@@]2(C)C(=CC1=O)CC[C@H]1[C@@H]3C[C@@H](C)[C@](OC(=O)c4ccco4)(C(=O)CCl)[C@@]3(C)C[C@H](O)[C@@]12Cl. The Morgan fingerprint density at radius 1 is 1.34 bits per heavy atom. The number of aliphatic hydroxyl groups is 1. The number of carbonyl (C=O) groups excluding carboxylic acids is 3. The average molecular weight is 525 g/mol. The largest absolute Gasteiger partial charge is 0.457 e. The highest BCUT2D eigenvalue weighted by atomic mass is 35.5. The Morgan fingerprint density at radius 2 is 2.09 bits per heavy atom. The first-order valence-corrected chi connectivity index (χ1v) is 12.9. The van der Waals surface area contributed by atoms with Gasteiger partial charge in [-0.2, -0.15) is 0 Å². The first-order chi connectivity index (χ1) is 17.3. The van der Waals surface area contributed by atoms with Gasteiger partial charge in [0, 0.05) is 16.7 Å². The number of furan rings is 1. The molecular weight excluding hydrogens is 491 g/mol. The van der Waals surface area contributed by atoms with Crippen molar-refractivity contribution in [2.45, 2.75) is 63.0 Å². The van der Waals surface area contributed by atoms with E-state index in [0.29, 0.717) is 24.8 Å². The fraction of sp³-hybridized carbons (Fsp3) is 0.593. The summed E-state index contributed by atoms with van der Waals surface area (Å²) in [6.45, 7) is 5.43. The lowest BCUT2D eigenvalue weighted by Gasteiger charge is -2.64. The molecule has 0 amide bonds. The van der Waals surface area contributed by atoms with Gasteiger partial charge in [0.25, 0.3) is 0 Å². The predicted molar refractivity (Wildman–Crippen MR) is 130 cm³/mol. The summed E-state index contributed by atoms with van der Waals surface area (Å²) >= 11 is 13.6. The van der Waals surface area contributed by atoms with Gasteiger partial charge in [0.2, 0.25) is 5.76 Å². The molecule has 1 aromatic rings. The van der Waals surface area contributed by atoms with Crippen molar-refractivity contribution in [1.82, 2.24) is 0 Å². The zero-order valence-corrected chi connectivity index (χ0v) is 21.4. The van der Waals surface area contributed by atoms with Gasteiger partial charge in [-0.3, -0.25) is 9.59 Å². The standard InChI is InChI=1S/C27H30Cl2O6/c1-15-11-19-18-7-6-16-12-17(30)8-9-24(16,2)26(18,29)21(31)13-25(19,3)27(15,22(32)14-28)35-23(33)20-5-4-10-34-20/h4-5,8-10,12,15,18-19,21,31H,6-7,11,13-14H2,1-3H3/t15-,18+,19+,21+,24+,25+,26+,27+/m1/s1/i8T,9T. The molecule has 0 radical (unpaired) electrons. The van der Waals surface area contributed by atoms with E-state index < -0.39 is 56.9 Å². The molecule has 1 heterocycles. The van der Waals surface area contributed by atoms with Crippen LogP contribution in [0.15, 0.2) is 46.6 Å². The van der Waals surface area contributed by atoms with Crippen molar-refractivity contribution in [3.8, 4) is 0 Å². The molecule has 0 aliphatic heterocycles. The third-order valence-corrected chi connectivity index (χ3v) is 10.6. The van der Waals surface area contributed by atoms with Crippen molar-refractivity contribution in [2.24, 2.45) is 28.6 Å². The molecule has 3 fully saturated rings. The molecule has 0 spiro atoms. The van der Waals surface area contributed by atoms with E-state index in [1.807, 2.05) is 13.8 Å². The monoisotopic (exact) mass is 524 g/mol. The quantitative estimate of drug-likeness (QED) is 0.446. The van der Waals surface area contributed by atoms with Crippen molar-refractivity contribution < 1.29 is 31.4 Å². The first-order valence-electron chi connectivity index (χ1n) is 13.0. The summed E-state index contributed by atoms with van der Waals surface area (Å²) in [5, 5.41) is 11.8. The number of allylic oxidation sites excluding steroid dienone is 4. The molecule has 6 nitrogen and oxygen atoms in total. The molecule has 3 saturated carbocycles. The topological polar surface area (TPSA) is 93.8 Å². The van der Waals surface area contributed by atoms with Crippen LogP contribution >= 0.6 is 23.2 Å². The number of halogens is 2. The maximum atomic E-state index is 13.6. The Morgan fingerprint density at radius 3 is 2.74 bits per heavy atom. The van der Waals surface area contributed by atoms with Crippen LogP contribution in [-0.4, -0.2) is 45.1 Å². The van der Waals surface area contributed by atoms with Gasteiger partial charge in [-0.25, -0.2) is 4.79 Å². The predicted octanol–water partition coefficient (Wildman–Crippen LogP) is 4.87. The van der Waals surface area contributed by atoms with E-state index in [1.54, 1.807) is 13.0 Å². The number of ether oxygens (including phenoxy) is 1. The van der Waals surface area contributed by atoms with Crippen LogP contribution in [0.4, 0.5) is 0 Å². The zero-order chi connectivity index (χ0) is 27.1. The highest BCUT2D eigenvalue weighted by Gasteiger charge is 2.76. The second-order valence-corrected chi connectivity index (χ2v) is 11.8. The van der Waals surface area contributed by atoms with E-state index >= 15 is 0 Å². The van der Waals surface area contributed by atoms with Gasteiger partial charge in [-0.05, 0) is 61.8 Å². The number of hydrogen-bond acceptors (Lipinski definition) is 6. The van der Waals surface area contributed by atoms with Crippen molar-refractivity contribution in [3.05, 3.63) is 47.9 Å². The molecule has 1 N–H and O–H groups in total. The lowest BCUT2D eigenvalue weighted by molar-refractivity contribution is -0.177. The fourth-order valence-corrected chi connectivity index (χ4v) is 8.61. The van der Waals surface area contributed by atoms with Gasteiger partial charge >= 0.3 is 5.97 Å². The van der Waals surface area contributed by atoms with Gasteiger partial charge in [-0.1, -0.05) is 32.4 Å². The normalized spacial score (nSPS) is 45.5. The molecule has 35 heavy (non-hydrogen) atoms. The molecule has 5 rings (SSSR count). The van der Waals surface area contributed by atoms with Gasteiger partial charge in [0.15, 0.2) is 17.2 Å². The van der Waals surface area contributed by atoms with Crippen LogP contribution in [-0.2, 0) is 14.3 Å². The number of alkyl halides is 2. The summed E-state index contributed by atoms with van der Waals surface area (Å²) in [5.74, 6) is -3.26. The van der Waals surface area contributed by atoms with E-state index in [1.165, 1.54) is 18.4 Å². The maximum Gasteiger partial charge on any atom is 0.375 e. The summed E-state index contributed by atoms with van der Waals surface area (Å²) < 4.78 is 28.3. The van der Waals surface area contributed by atoms with Gasteiger partial charge < -0.3 is 14.3 Å². The Hall–Kier alpha value is -1.89. The highest BCUT2D eigenvalue weighted by Crippen LogP contribution is 2.72. The van der Waals surface area contributed by atoms with E-state index in [2.05, 4.69) is 0 Å². The minimum absolute atomic E-state index is 0.00744. The molecule has 0 bridgehead atoms. The second kappa shape index (κ2) is 8.06. The number of ketones is 2. The molecule has 1 aromatic heterocycles. The molecule has 4 aliphatic rings. The summed E-state index contributed by atoms with van der Waals surface area (Å²) in [5.41, 5.74) is -3.23. The first kappa shape index (κ1) is 22.3. The van der Waals surface area contributed by atoms with E-state index in [-0.39, 0.29) is 35.9 Å². The molecular formula is C27H30Cl2O6. The lowest BCUT2D eigenvalue weighted by atomic mass is 9.45. The van der Waals surface area contributed by atoms with E-state index in [4.69, 9.17) is 35.1 Å². The number of carbonyl (C=O) groups is 3. The number of esters is 1. The van der Waals surface area contributed by atoms with Crippen LogP contribution in [0, 0.1) is 28.6 Å². The highest BCUT2D eigenvalue weighted by molar-refractivity contribution is 6.29. The zero-order valence-electron chi connectivity index (χ0n) is 21.9. The molecule has 0 unspecified atom stereocenters. The van der Waals surface area contributed by atoms with Crippen molar-refractivity contribution in [2.75, 3.05) is 5.88 Å². The van der Waals surface area contributed by atoms with Gasteiger partial charge in [0.05, 0.1) is 25.9 Å². The van der Waals surface area contributed by atoms with Crippen LogP contribution < -0.4 is 0 Å². The van der Waals surface area contributed by atoms with Crippen molar-refractivity contribution >= 4 is 40.7 Å². The Kier molecular flexibility index (Phi) is 5.14. The minimum Gasteiger partial charge on any atom is -0.457 e. The number of rotatable bonds is 4. The van der Waals surface area contributed by atoms with E-state index in [0.717, 1.165) is 0 Å². The summed E-state index contributed by atoms with van der Waals surface area (Å²) in [6, 6.07) is 2.39. The van der Waals surface area contributed by atoms with Crippen LogP contribution in [0.1, 0.15) is 59.8 Å². The molecule has 0 saturated heterocycles. The molecule has 188 valence electrons. The van der Waals surface area contributed by atoms with Crippen molar-refractivity contribution in [3.63, 3.8) is 0 Å². The number of aliphatic hydroxyl groups excluding tert-OH is 1.